The smallest absolute Gasteiger partial charge is 0.119 e. The van der Waals surface area contributed by atoms with Crippen molar-refractivity contribution in [1.29, 1.82) is 0 Å². The number of likely N-dealkylation sites (tertiary alicyclic amines) is 1. The average molecular weight is 326 g/mol. The van der Waals surface area contributed by atoms with Gasteiger partial charge in [-0.05, 0) is 61.0 Å². The van der Waals surface area contributed by atoms with Crippen molar-refractivity contribution in [2.24, 2.45) is 0 Å². The van der Waals surface area contributed by atoms with Gasteiger partial charge in [0.2, 0.25) is 0 Å². The van der Waals surface area contributed by atoms with Gasteiger partial charge in [-0.25, -0.2) is 0 Å². The molecule has 4 heteroatoms. The minimum atomic E-state index is 0.641. The number of H-pyrrole nitrogens is 1. The molecule has 0 bridgehead atoms. The lowest BCUT2D eigenvalue weighted by molar-refractivity contribution is 0.246. The van der Waals surface area contributed by atoms with E-state index < -0.39 is 0 Å². The van der Waals surface area contributed by atoms with Crippen LogP contribution in [0.25, 0.3) is 10.9 Å². The molecule has 3 heterocycles. The Balaban J connectivity index is 1.54. The number of aromatic amines is 1. The quantitative estimate of drug-likeness (QED) is 0.750. The molecule has 120 valence electrons. The van der Waals surface area contributed by atoms with E-state index >= 15 is 0 Å². The zero-order chi connectivity index (χ0) is 15.6. The van der Waals surface area contributed by atoms with Crippen LogP contribution in [0, 0.1) is 0 Å². The van der Waals surface area contributed by atoms with E-state index in [-0.39, 0.29) is 0 Å². The number of hydrogen-bond acceptors (Lipinski definition) is 3. The molecular weight excluding hydrogens is 304 g/mol. The second-order valence-electron chi connectivity index (χ2n) is 6.28. The number of rotatable bonds is 5. The van der Waals surface area contributed by atoms with Crippen LogP contribution in [0.2, 0.25) is 0 Å². The SMILES string of the molecule is COc1ccc2[nH]cc(C[C@H]3CCCN3Cc3cccs3)c2c1. The molecule has 0 amide bonds. The number of fused-ring (bicyclic) bond motifs is 1. The van der Waals surface area contributed by atoms with Crippen molar-refractivity contribution in [2.45, 2.75) is 31.8 Å². The molecule has 4 rings (SSSR count). The van der Waals surface area contributed by atoms with Crippen LogP contribution in [0.15, 0.2) is 41.9 Å². The van der Waals surface area contributed by atoms with Crippen LogP contribution in [-0.4, -0.2) is 29.6 Å². The number of methoxy groups -OCH3 is 1. The van der Waals surface area contributed by atoms with E-state index in [1.54, 1.807) is 7.11 Å². The fourth-order valence-corrected chi connectivity index (χ4v) is 4.37. The number of thiophene rings is 1. The molecule has 1 saturated heterocycles. The van der Waals surface area contributed by atoms with Crippen molar-refractivity contribution in [3.63, 3.8) is 0 Å². The minimum absolute atomic E-state index is 0.641. The molecule has 0 saturated carbocycles. The van der Waals surface area contributed by atoms with Crippen LogP contribution >= 0.6 is 11.3 Å². The largest absolute Gasteiger partial charge is 0.497 e. The normalized spacial score (nSPS) is 18.7. The maximum atomic E-state index is 5.38. The summed E-state index contributed by atoms with van der Waals surface area (Å²) in [5, 5.41) is 3.47. The Hall–Kier alpha value is -1.78. The molecule has 1 N–H and O–H groups in total. The van der Waals surface area contributed by atoms with Gasteiger partial charge in [-0.1, -0.05) is 6.07 Å². The van der Waals surface area contributed by atoms with Gasteiger partial charge in [0, 0.05) is 34.6 Å². The summed E-state index contributed by atoms with van der Waals surface area (Å²) < 4.78 is 5.38. The zero-order valence-electron chi connectivity index (χ0n) is 13.4. The van der Waals surface area contributed by atoms with Gasteiger partial charge in [0.05, 0.1) is 7.11 Å². The Labute approximate surface area is 140 Å². The van der Waals surface area contributed by atoms with Gasteiger partial charge in [-0.2, -0.15) is 0 Å². The molecule has 1 aliphatic heterocycles. The average Bonchev–Trinajstić information content (AvgIpc) is 3.31. The van der Waals surface area contributed by atoms with Crippen molar-refractivity contribution < 1.29 is 4.74 Å². The summed E-state index contributed by atoms with van der Waals surface area (Å²) in [5.41, 5.74) is 2.60. The first-order valence-electron chi connectivity index (χ1n) is 8.24. The van der Waals surface area contributed by atoms with Crippen LogP contribution in [0.4, 0.5) is 0 Å². The number of nitrogens with one attached hydrogen (secondary N) is 1. The van der Waals surface area contributed by atoms with Crippen molar-refractivity contribution >= 4 is 22.2 Å². The van der Waals surface area contributed by atoms with Crippen LogP contribution in [0.5, 0.6) is 5.75 Å². The Kier molecular flexibility index (Phi) is 4.10. The molecule has 1 aliphatic rings. The topological polar surface area (TPSA) is 28.3 Å². The highest BCUT2D eigenvalue weighted by Crippen LogP contribution is 2.29. The summed E-state index contributed by atoms with van der Waals surface area (Å²) in [5.74, 6) is 0.931. The van der Waals surface area contributed by atoms with Crippen LogP contribution in [-0.2, 0) is 13.0 Å². The lowest BCUT2D eigenvalue weighted by Crippen LogP contribution is -2.30. The zero-order valence-corrected chi connectivity index (χ0v) is 14.2. The predicted octanol–water partition coefficient (Wildman–Crippen LogP) is 4.45. The molecular formula is C19H22N2OS. The number of nitrogens with zero attached hydrogens (tertiary/aromatic N) is 1. The number of ether oxygens (including phenoxy) is 1. The summed E-state index contributed by atoms with van der Waals surface area (Å²) in [6.45, 7) is 2.31. The van der Waals surface area contributed by atoms with Crippen LogP contribution in [0.3, 0.4) is 0 Å². The summed E-state index contributed by atoms with van der Waals surface area (Å²) >= 11 is 1.86. The molecule has 0 radical (unpaired) electrons. The fourth-order valence-electron chi connectivity index (χ4n) is 3.64. The van der Waals surface area contributed by atoms with E-state index in [4.69, 9.17) is 4.74 Å². The minimum Gasteiger partial charge on any atom is -0.497 e. The molecule has 1 fully saturated rings. The lowest BCUT2D eigenvalue weighted by Gasteiger charge is -2.23. The Morgan fingerprint density at radius 2 is 2.30 bits per heavy atom. The van der Waals surface area contributed by atoms with Gasteiger partial charge < -0.3 is 9.72 Å². The lowest BCUT2D eigenvalue weighted by atomic mass is 10.0. The van der Waals surface area contributed by atoms with Crippen molar-refractivity contribution in [2.75, 3.05) is 13.7 Å². The Morgan fingerprint density at radius 3 is 3.13 bits per heavy atom. The van der Waals surface area contributed by atoms with Gasteiger partial charge in [0.25, 0.3) is 0 Å². The third-order valence-corrected chi connectivity index (χ3v) is 5.73. The molecule has 23 heavy (non-hydrogen) atoms. The van der Waals surface area contributed by atoms with Crippen LogP contribution in [0.1, 0.15) is 23.3 Å². The molecule has 1 aromatic carbocycles. The molecule has 0 spiro atoms. The molecule has 1 atom stereocenters. The monoisotopic (exact) mass is 326 g/mol. The van der Waals surface area contributed by atoms with Gasteiger partial charge in [0.1, 0.15) is 5.75 Å². The maximum absolute atomic E-state index is 5.38. The third-order valence-electron chi connectivity index (χ3n) is 4.87. The maximum Gasteiger partial charge on any atom is 0.119 e. The van der Waals surface area contributed by atoms with Crippen molar-refractivity contribution in [3.05, 3.63) is 52.3 Å². The van der Waals surface area contributed by atoms with Gasteiger partial charge in [0.15, 0.2) is 0 Å². The van der Waals surface area contributed by atoms with Crippen LogP contribution < -0.4 is 4.74 Å². The van der Waals surface area contributed by atoms with E-state index in [0.29, 0.717) is 6.04 Å². The first-order chi connectivity index (χ1) is 11.3. The number of hydrogen-bond donors (Lipinski definition) is 1. The molecule has 3 aromatic rings. The second-order valence-corrected chi connectivity index (χ2v) is 7.31. The molecule has 2 aromatic heterocycles. The first-order valence-corrected chi connectivity index (χ1v) is 9.12. The summed E-state index contributed by atoms with van der Waals surface area (Å²) in [6.07, 6.45) is 5.88. The highest BCUT2D eigenvalue weighted by atomic mass is 32.1. The van der Waals surface area contributed by atoms with Crippen molar-refractivity contribution in [3.8, 4) is 5.75 Å². The standard InChI is InChI=1S/C19H22N2OS/c1-22-16-6-7-19-18(11-16)14(12-20-19)10-15-4-2-8-21(15)13-17-5-3-9-23-17/h3,5-7,9,11-12,15,20H,2,4,8,10,13H2,1H3/t15-/m1/s1. The molecule has 3 nitrogen and oxygen atoms in total. The first kappa shape index (κ1) is 14.8. The van der Waals surface area contributed by atoms with Gasteiger partial charge >= 0.3 is 0 Å². The number of aromatic nitrogens is 1. The van der Waals surface area contributed by atoms with E-state index in [0.717, 1.165) is 18.7 Å². The van der Waals surface area contributed by atoms with E-state index in [9.17, 15) is 0 Å². The molecule has 0 unspecified atom stereocenters. The Bertz CT molecular complexity index is 778. The Morgan fingerprint density at radius 1 is 1.35 bits per heavy atom. The van der Waals surface area contributed by atoms with E-state index in [1.165, 1.54) is 40.7 Å². The fraction of sp³-hybridized carbons (Fsp3) is 0.368. The van der Waals surface area contributed by atoms with E-state index in [1.807, 2.05) is 17.4 Å². The summed E-state index contributed by atoms with van der Waals surface area (Å²) in [4.78, 5) is 7.52. The summed E-state index contributed by atoms with van der Waals surface area (Å²) in [7, 11) is 1.73. The third kappa shape index (κ3) is 3.01. The van der Waals surface area contributed by atoms with Crippen molar-refractivity contribution in [1.82, 2.24) is 9.88 Å². The predicted molar refractivity (Wildman–Crippen MR) is 96.3 cm³/mol. The second kappa shape index (κ2) is 6.38. The summed E-state index contributed by atoms with van der Waals surface area (Å²) in [6, 6.07) is 11.3. The van der Waals surface area contributed by atoms with Gasteiger partial charge in [-0.15, -0.1) is 11.3 Å². The van der Waals surface area contributed by atoms with E-state index in [2.05, 4.69) is 45.7 Å². The number of benzene rings is 1. The highest BCUT2D eigenvalue weighted by molar-refractivity contribution is 7.09. The highest BCUT2D eigenvalue weighted by Gasteiger charge is 2.25. The molecule has 0 aliphatic carbocycles. The van der Waals surface area contributed by atoms with Gasteiger partial charge in [-0.3, -0.25) is 4.90 Å².